The molecule has 0 radical (unpaired) electrons. The van der Waals surface area contributed by atoms with Gasteiger partial charge in [0, 0.05) is 32.2 Å². The summed E-state index contributed by atoms with van der Waals surface area (Å²) in [7, 11) is 0. The van der Waals surface area contributed by atoms with Crippen molar-refractivity contribution in [2.45, 2.75) is 40.2 Å². The fraction of sp³-hybridized carbons (Fsp3) is 0.929. The van der Waals surface area contributed by atoms with Crippen molar-refractivity contribution in [3.63, 3.8) is 0 Å². The van der Waals surface area contributed by atoms with Gasteiger partial charge in [-0.15, -0.1) is 0 Å². The maximum absolute atomic E-state index is 12.1. The molecule has 0 saturated carbocycles. The monoisotopic (exact) mass is 255 g/mol. The third-order valence-electron chi connectivity index (χ3n) is 3.88. The summed E-state index contributed by atoms with van der Waals surface area (Å²) in [6.07, 6.45) is 1.24. The molecule has 0 aliphatic carbocycles. The van der Waals surface area contributed by atoms with E-state index in [0.29, 0.717) is 0 Å². The SMILES string of the molecule is CC(C)CCN1CCN(C(=O)C(C)C(C)N)CC1. The molecule has 0 aromatic rings. The molecule has 0 aromatic heterocycles. The topological polar surface area (TPSA) is 49.6 Å². The minimum absolute atomic E-state index is 0.0588. The molecule has 0 aromatic carbocycles. The third-order valence-corrected chi connectivity index (χ3v) is 3.88. The van der Waals surface area contributed by atoms with E-state index in [1.807, 2.05) is 18.7 Å². The molecule has 1 heterocycles. The molecule has 18 heavy (non-hydrogen) atoms. The molecule has 1 rings (SSSR count). The number of rotatable bonds is 5. The average molecular weight is 255 g/mol. The van der Waals surface area contributed by atoms with Crippen LogP contribution in [-0.4, -0.2) is 54.5 Å². The second-order valence-corrected chi connectivity index (χ2v) is 6.00. The summed E-state index contributed by atoms with van der Waals surface area (Å²) in [4.78, 5) is 16.6. The number of carbonyl (C=O) groups excluding carboxylic acids is 1. The van der Waals surface area contributed by atoms with E-state index in [9.17, 15) is 4.79 Å². The zero-order valence-corrected chi connectivity index (χ0v) is 12.4. The quantitative estimate of drug-likeness (QED) is 0.802. The van der Waals surface area contributed by atoms with Gasteiger partial charge in [0.2, 0.25) is 5.91 Å². The summed E-state index contributed by atoms with van der Waals surface area (Å²) >= 11 is 0. The Morgan fingerprint density at radius 3 is 2.11 bits per heavy atom. The summed E-state index contributed by atoms with van der Waals surface area (Å²) in [6.45, 7) is 13.2. The molecular weight excluding hydrogens is 226 g/mol. The molecule has 1 amide bonds. The van der Waals surface area contributed by atoms with Crippen LogP contribution in [-0.2, 0) is 4.79 Å². The van der Waals surface area contributed by atoms with E-state index in [4.69, 9.17) is 5.73 Å². The molecule has 1 fully saturated rings. The summed E-state index contributed by atoms with van der Waals surface area (Å²) in [5.41, 5.74) is 5.79. The fourth-order valence-electron chi connectivity index (χ4n) is 2.15. The molecule has 2 N–H and O–H groups in total. The standard InChI is InChI=1S/C14H29N3O/c1-11(2)5-6-16-7-9-17(10-8-16)14(18)12(3)13(4)15/h11-13H,5-10,15H2,1-4H3. The minimum atomic E-state index is -0.0628. The van der Waals surface area contributed by atoms with Crippen molar-refractivity contribution in [1.82, 2.24) is 9.80 Å². The first kappa shape index (κ1) is 15.4. The minimum Gasteiger partial charge on any atom is -0.340 e. The number of hydrogen-bond donors (Lipinski definition) is 1. The van der Waals surface area contributed by atoms with Crippen LogP contribution in [0, 0.1) is 11.8 Å². The van der Waals surface area contributed by atoms with Gasteiger partial charge >= 0.3 is 0 Å². The Morgan fingerprint density at radius 1 is 1.11 bits per heavy atom. The van der Waals surface area contributed by atoms with Crippen LogP contribution < -0.4 is 5.73 Å². The van der Waals surface area contributed by atoms with Crippen LogP contribution in [0.25, 0.3) is 0 Å². The molecule has 0 spiro atoms. The highest BCUT2D eigenvalue weighted by Crippen LogP contribution is 2.11. The Labute approximate surface area is 111 Å². The summed E-state index contributed by atoms with van der Waals surface area (Å²) in [5, 5.41) is 0. The van der Waals surface area contributed by atoms with Crippen molar-refractivity contribution in [3.8, 4) is 0 Å². The van der Waals surface area contributed by atoms with Crippen molar-refractivity contribution in [2.75, 3.05) is 32.7 Å². The number of piperazine rings is 1. The number of nitrogens with zero attached hydrogens (tertiary/aromatic N) is 2. The van der Waals surface area contributed by atoms with Crippen molar-refractivity contribution in [3.05, 3.63) is 0 Å². The zero-order chi connectivity index (χ0) is 13.7. The van der Waals surface area contributed by atoms with E-state index in [1.54, 1.807) is 0 Å². The summed E-state index contributed by atoms with van der Waals surface area (Å²) < 4.78 is 0. The van der Waals surface area contributed by atoms with Crippen LogP contribution >= 0.6 is 0 Å². The van der Waals surface area contributed by atoms with E-state index in [-0.39, 0.29) is 17.9 Å². The van der Waals surface area contributed by atoms with Gasteiger partial charge in [-0.3, -0.25) is 9.69 Å². The number of amides is 1. The van der Waals surface area contributed by atoms with Gasteiger partial charge < -0.3 is 10.6 Å². The molecule has 2 unspecified atom stereocenters. The molecule has 4 nitrogen and oxygen atoms in total. The van der Waals surface area contributed by atoms with Crippen LogP contribution in [0.1, 0.15) is 34.1 Å². The highest BCUT2D eigenvalue weighted by molar-refractivity contribution is 5.79. The van der Waals surface area contributed by atoms with Crippen LogP contribution in [0.15, 0.2) is 0 Å². The van der Waals surface area contributed by atoms with Gasteiger partial charge in [0.05, 0.1) is 5.92 Å². The highest BCUT2D eigenvalue weighted by atomic mass is 16.2. The largest absolute Gasteiger partial charge is 0.340 e. The molecule has 1 aliphatic rings. The van der Waals surface area contributed by atoms with Crippen molar-refractivity contribution in [1.29, 1.82) is 0 Å². The van der Waals surface area contributed by atoms with Crippen LogP contribution in [0.4, 0.5) is 0 Å². The lowest BCUT2D eigenvalue weighted by Crippen LogP contribution is -2.52. The van der Waals surface area contributed by atoms with Gasteiger partial charge in [0.25, 0.3) is 0 Å². The molecule has 106 valence electrons. The first-order valence-electron chi connectivity index (χ1n) is 7.18. The lowest BCUT2D eigenvalue weighted by molar-refractivity contribution is -0.137. The van der Waals surface area contributed by atoms with Crippen LogP contribution in [0.2, 0.25) is 0 Å². The maximum atomic E-state index is 12.1. The predicted molar refractivity (Wildman–Crippen MR) is 75.3 cm³/mol. The van der Waals surface area contributed by atoms with Gasteiger partial charge in [0.15, 0.2) is 0 Å². The van der Waals surface area contributed by atoms with E-state index in [2.05, 4.69) is 18.7 Å². The molecule has 1 saturated heterocycles. The first-order chi connectivity index (χ1) is 8.41. The third kappa shape index (κ3) is 4.58. The van der Waals surface area contributed by atoms with E-state index < -0.39 is 0 Å². The molecule has 0 bridgehead atoms. The van der Waals surface area contributed by atoms with Gasteiger partial charge in [-0.2, -0.15) is 0 Å². The highest BCUT2D eigenvalue weighted by Gasteiger charge is 2.26. The van der Waals surface area contributed by atoms with Crippen molar-refractivity contribution in [2.24, 2.45) is 17.6 Å². The van der Waals surface area contributed by atoms with E-state index in [0.717, 1.165) is 38.6 Å². The number of hydrogen-bond acceptors (Lipinski definition) is 3. The molecular formula is C14H29N3O. The van der Waals surface area contributed by atoms with Gasteiger partial charge in [-0.1, -0.05) is 20.8 Å². The van der Waals surface area contributed by atoms with Crippen LogP contribution in [0.3, 0.4) is 0 Å². The fourth-order valence-corrected chi connectivity index (χ4v) is 2.15. The molecule has 1 aliphatic heterocycles. The van der Waals surface area contributed by atoms with Crippen molar-refractivity contribution < 1.29 is 4.79 Å². The Bertz CT molecular complexity index is 258. The maximum Gasteiger partial charge on any atom is 0.227 e. The Morgan fingerprint density at radius 2 is 1.67 bits per heavy atom. The van der Waals surface area contributed by atoms with Gasteiger partial charge in [-0.05, 0) is 25.8 Å². The Kier molecular flexibility index (Phi) is 6.09. The molecule has 2 atom stereocenters. The van der Waals surface area contributed by atoms with E-state index in [1.165, 1.54) is 6.42 Å². The second kappa shape index (κ2) is 7.10. The van der Waals surface area contributed by atoms with Crippen LogP contribution in [0.5, 0.6) is 0 Å². The van der Waals surface area contributed by atoms with Crippen molar-refractivity contribution >= 4 is 5.91 Å². The predicted octanol–water partition coefficient (Wildman–Crippen LogP) is 1.16. The summed E-state index contributed by atoms with van der Waals surface area (Å²) in [6, 6.07) is -0.0588. The average Bonchev–Trinajstić information content (AvgIpc) is 2.35. The zero-order valence-electron chi connectivity index (χ0n) is 12.4. The lowest BCUT2D eigenvalue weighted by Gasteiger charge is -2.36. The normalized spacial score (nSPS) is 21.1. The summed E-state index contributed by atoms with van der Waals surface area (Å²) in [5.74, 6) is 0.906. The van der Waals surface area contributed by atoms with Gasteiger partial charge in [0.1, 0.15) is 0 Å². The molecule has 4 heteroatoms. The Balaban J connectivity index is 2.32. The van der Waals surface area contributed by atoms with E-state index >= 15 is 0 Å². The number of nitrogens with two attached hydrogens (primary N) is 1. The Hall–Kier alpha value is -0.610. The lowest BCUT2D eigenvalue weighted by atomic mass is 10.0. The first-order valence-corrected chi connectivity index (χ1v) is 7.18. The number of carbonyl (C=O) groups is 1. The smallest absolute Gasteiger partial charge is 0.227 e. The second-order valence-electron chi connectivity index (χ2n) is 6.00. The van der Waals surface area contributed by atoms with Gasteiger partial charge in [-0.25, -0.2) is 0 Å².